The summed E-state index contributed by atoms with van der Waals surface area (Å²) in [5.41, 5.74) is 5.68. The number of hydrogen-bond donors (Lipinski definition) is 1. The zero-order valence-corrected chi connectivity index (χ0v) is 12.0. The van der Waals surface area contributed by atoms with Crippen LogP contribution in [-0.4, -0.2) is 53.3 Å². The van der Waals surface area contributed by atoms with E-state index in [-0.39, 0.29) is 11.8 Å². The van der Waals surface area contributed by atoms with Crippen LogP contribution in [0.5, 0.6) is 0 Å². The van der Waals surface area contributed by atoms with Gasteiger partial charge in [0.25, 0.3) is 0 Å². The number of piperazine rings is 1. The molecule has 0 aromatic heterocycles. The Labute approximate surface area is 115 Å². The maximum Gasteiger partial charge on any atom is 0.242 e. The molecule has 2 aliphatic rings. The van der Waals surface area contributed by atoms with Crippen LogP contribution in [0.1, 0.15) is 39.5 Å². The monoisotopic (exact) mass is 267 g/mol. The van der Waals surface area contributed by atoms with Crippen LogP contribution in [0.2, 0.25) is 0 Å². The summed E-state index contributed by atoms with van der Waals surface area (Å²) in [4.78, 5) is 27.5. The van der Waals surface area contributed by atoms with Crippen molar-refractivity contribution in [2.75, 3.05) is 26.2 Å². The van der Waals surface area contributed by atoms with E-state index in [1.54, 1.807) is 11.8 Å². The third-order valence-electron chi connectivity index (χ3n) is 4.47. The quantitative estimate of drug-likeness (QED) is 0.756. The third kappa shape index (κ3) is 3.08. The van der Waals surface area contributed by atoms with Crippen molar-refractivity contribution in [1.82, 2.24) is 9.80 Å². The topological polar surface area (TPSA) is 66.6 Å². The van der Waals surface area contributed by atoms with E-state index in [4.69, 9.17) is 5.73 Å². The van der Waals surface area contributed by atoms with Gasteiger partial charge in [0.1, 0.15) is 0 Å². The Kier molecular flexibility index (Phi) is 4.13. The van der Waals surface area contributed by atoms with Crippen LogP contribution < -0.4 is 5.73 Å². The molecule has 0 bridgehead atoms. The van der Waals surface area contributed by atoms with Gasteiger partial charge in [0, 0.05) is 33.1 Å². The highest BCUT2D eigenvalue weighted by atomic mass is 16.2. The van der Waals surface area contributed by atoms with Gasteiger partial charge in [0.15, 0.2) is 0 Å². The molecule has 2 fully saturated rings. The van der Waals surface area contributed by atoms with Gasteiger partial charge < -0.3 is 15.5 Å². The van der Waals surface area contributed by atoms with Gasteiger partial charge in [-0.1, -0.05) is 19.8 Å². The number of nitrogens with two attached hydrogens (primary N) is 1. The van der Waals surface area contributed by atoms with Gasteiger partial charge in [-0.25, -0.2) is 0 Å². The van der Waals surface area contributed by atoms with Crippen molar-refractivity contribution in [1.29, 1.82) is 0 Å². The highest BCUT2D eigenvalue weighted by Crippen LogP contribution is 2.32. The van der Waals surface area contributed by atoms with Crippen LogP contribution in [0.15, 0.2) is 0 Å². The fourth-order valence-electron chi connectivity index (χ4n) is 3.33. The molecule has 0 aromatic rings. The summed E-state index contributed by atoms with van der Waals surface area (Å²) in [6.07, 6.45) is 3.79. The van der Waals surface area contributed by atoms with Crippen molar-refractivity contribution >= 4 is 11.8 Å². The van der Waals surface area contributed by atoms with Crippen molar-refractivity contribution in [2.24, 2.45) is 11.7 Å². The minimum Gasteiger partial charge on any atom is -0.339 e. The van der Waals surface area contributed by atoms with Gasteiger partial charge in [-0.05, 0) is 18.8 Å². The molecule has 0 radical (unpaired) electrons. The molecule has 1 heterocycles. The molecule has 2 N–H and O–H groups in total. The number of amides is 2. The Balaban J connectivity index is 1.95. The molecule has 2 unspecified atom stereocenters. The van der Waals surface area contributed by atoms with E-state index < -0.39 is 5.54 Å². The van der Waals surface area contributed by atoms with E-state index in [2.05, 4.69) is 6.92 Å². The zero-order chi connectivity index (χ0) is 14.0. The lowest BCUT2D eigenvalue weighted by molar-refractivity contribution is -0.143. The molecular formula is C14H25N3O2. The molecule has 5 heteroatoms. The molecule has 0 spiro atoms. The van der Waals surface area contributed by atoms with Gasteiger partial charge in [0.05, 0.1) is 5.54 Å². The first-order valence-electron chi connectivity index (χ1n) is 7.26. The number of rotatable bonds is 1. The Morgan fingerprint density at radius 1 is 1.16 bits per heavy atom. The highest BCUT2D eigenvalue weighted by molar-refractivity contribution is 5.86. The summed E-state index contributed by atoms with van der Waals surface area (Å²) in [5.74, 6) is 0.698. The first-order chi connectivity index (χ1) is 8.92. The summed E-state index contributed by atoms with van der Waals surface area (Å²) < 4.78 is 0. The predicted molar refractivity (Wildman–Crippen MR) is 73.4 cm³/mol. The third-order valence-corrected chi connectivity index (χ3v) is 4.47. The van der Waals surface area contributed by atoms with Gasteiger partial charge in [0.2, 0.25) is 11.8 Å². The second kappa shape index (κ2) is 5.49. The first-order valence-corrected chi connectivity index (χ1v) is 7.26. The molecule has 1 aliphatic heterocycles. The summed E-state index contributed by atoms with van der Waals surface area (Å²) in [6, 6.07) is 0. The Hall–Kier alpha value is -1.10. The molecular weight excluding hydrogens is 242 g/mol. The molecule has 2 rings (SSSR count). The lowest BCUT2D eigenvalue weighted by atomic mass is 9.76. The average molecular weight is 267 g/mol. The molecule has 2 amide bonds. The largest absolute Gasteiger partial charge is 0.339 e. The number of carbonyl (C=O) groups excluding carboxylic acids is 2. The highest BCUT2D eigenvalue weighted by Gasteiger charge is 2.41. The fraction of sp³-hybridized carbons (Fsp3) is 0.857. The standard InChI is InChI=1S/C14H25N3O2/c1-11-4-3-5-14(15,10-11)13(19)17-8-6-16(7-9-17)12(2)18/h11H,3-10,15H2,1-2H3. The van der Waals surface area contributed by atoms with Crippen LogP contribution in [0, 0.1) is 5.92 Å². The molecule has 108 valence electrons. The molecule has 5 nitrogen and oxygen atoms in total. The summed E-state index contributed by atoms with van der Waals surface area (Å²) in [7, 11) is 0. The number of nitrogens with zero attached hydrogens (tertiary/aromatic N) is 2. The van der Waals surface area contributed by atoms with Gasteiger partial charge in [-0.3, -0.25) is 9.59 Å². The van der Waals surface area contributed by atoms with Crippen LogP contribution in [0.4, 0.5) is 0 Å². The Morgan fingerprint density at radius 2 is 1.74 bits per heavy atom. The second-order valence-corrected chi connectivity index (χ2v) is 6.16. The van der Waals surface area contributed by atoms with Crippen LogP contribution >= 0.6 is 0 Å². The molecule has 0 aromatic carbocycles. The summed E-state index contributed by atoms with van der Waals surface area (Å²) in [5, 5.41) is 0. The predicted octanol–water partition coefficient (Wildman–Crippen LogP) is 0.585. The van der Waals surface area contributed by atoms with Gasteiger partial charge >= 0.3 is 0 Å². The minimum atomic E-state index is -0.671. The van der Waals surface area contributed by atoms with Crippen molar-refractivity contribution in [3.8, 4) is 0 Å². The maximum absolute atomic E-state index is 12.6. The Morgan fingerprint density at radius 3 is 2.26 bits per heavy atom. The second-order valence-electron chi connectivity index (χ2n) is 6.16. The molecule has 1 saturated carbocycles. The van der Waals surface area contributed by atoms with E-state index in [1.807, 2.05) is 4.90 Å². The molecule has 1 saturated heterocycles. The van der Waals surface area contributed by atoms with Gasteiger partial charge in [-0.15, -0.1) is 0 Å². The van der Waals surface area contributed by atoms with Crippen molar-refractivity contribution in [2.45, 2.75) is 45.1 Å². The SMILES string of the molecule is CC(=O)N1CCN(C(=O)C2(N)CCCC(C)C2)CC1. The van der Waals surface area contributed by atoms with E-state index in [0.717, 1.165) is 19.3 Å². The molecule has 19 heavy (non-hydrogen) atoms. The maximum atomic E-state index is 12.6. The number of hydrogen-bond acceptors (Lipinski definition) is 3. The lowest BCUT2D eigenvalue weighted by Crippen LogP contribution is -2.61. The smallest absolute Gasteiger partial charge is 0.242 e. The summed E-state index contributed by atoms with van der Waals surface area (Å²) >= 11 is 0. The van der Waals surface area contributed by atoms with E-state index >= 15 is 0 Å². The van der Waals surface area contributed by atoms with E-state index in [1.165, 1.54) is 6.42 Å². The molecule has 2 atom stereocenters. The van der Waals surface area contributed by atoms with Crippen molar-refractivity contribution in [3.05, 3.63) is 0 Å². The average Bonchev–Trinajstić information content (AvgIpc) is 2.37. The number of carbonyl (C=O) groups is 2. The molecule has 1 aliphatic carbocycles. The normalized spacial score (nSPS) is 32.3. The fourth-order valence-corrected chi connectivity index (χ4v) is 3.33. The summed E-state index contributed by atoms with van der Waals surface area (Å²) in [6.45, 7) is 6.24. The van der Waals surface area contributed by atoms with Gasteiger partial charge in [-0.2, -0.15) is 0 Å². The van der Waals surface area contributed by atoms with Crippen LogP contribution in [0.3, 0.4) is 0 Å². The van der Waals surface area contributed by atoms with Crippen molar-refractivity contribution in [3.63, 3.8) is 0 Å². The first kappa shape index (κ1) is 14.3. The lowest BCUT2D eigenvalue weighted by Gasteiger charge is -2.42. The Bertz CT molecular complexity index is 364. The van der Waals surface area contributed by atoms with Crippen molar-refractivity contribution < 1.29 is 9.59 Å². The van der Waals surface area contributed by atoms with Crippen LogP contribution in [0.25, 0.3) is 0 Å². The zero-order valence-electron chi connectivity index (χ0n) is 12.0. The van der Waals surface area contributed by atoms with E-state index in [0.29, 0.717) is 32.1 Å². The van der Waals surface area contributed by atoms with Crippen LogP contribution in [-0.2, 0) is 9.59 Å². The minimum absolute atomic E-state index is 0.0841. The van der Waals surface area contributed by atoms with E-state index in [9.17, 15) is 9.59 Å².